The fraction of sp³-hybridized carbons (Fsp3) is 0.294. The van der Waals surface area contributed by atoms with Crippen LogP contribution in [0.2, 0.25) is 0 Å². The SMILES string of the molecule is CC.CCC(c1ccc(C)cc1)(c1ccc(OC)cc1)c1ccc(C(C)C)cc1.COc1ccc(C(C)(c2ccc(C)cc2)c2ccc(C)cc2)cc1. The van der Waals surface area contributed by atoms with Gasteiger partial charge in [0, 0.05) is 10.8 Å². The van der Waals surface area contributed by atoms with Crippen molar-refractivity contribution in [2.45, 2.75) is 85.5 Å². The third kappa shape index (κ3) is 9.11. The van der Waals surface area contributed by atoms with Crippen LogP contribution in [0.4, 0.5) is 0 Å². The summed E-state index contributed by atoms with van der Waals surface area (Å²) >= 11 is 0. The highest BCUT2D eigenvalue weighted by Gasteiger charge is 2.35. The Labute approximate surface area is 320 Å². The van der Waals surface area contributed by atoms with Gasteiger partial charge in [0.1, 0.15) is 11.5 Å². The molecule has 0 N–H and O–H groups in total. The first-order valence-electron chi connectivity index (χ1n) is 19.2. The summed E-state index contributed by atoms with van der Waals surface area (Å²) in [5, 5.41) is 0. The van der Waals surface area contributed by atoms with E-state index >= 15 is 0 Å². The molecule has 0 amide bonds. The molecule has 0 saturated heterocycles. The van der Waals surface area contributed by atoms with Crippen molar-refractivity contribution in [3.05, 3.63) is 201 Å². The first-order valence-corrected chi connectivity index (χ1v) is 19.2. The number of hydrogen-bond acceptors (Lipinski definition) is 2. The van der Waals surface area contributed by atoms with Crippen molar-refractivity contribution in [2.24, 2.45) is 0 Å². The highest BCUT2D eigenvalue weighted by atomic mass is 16.5. The number of benzene rings is 6. The van der Waals surface area contributed by atoms with Gasteiger partial charge < -0.3 is 9.47 Å². The van der Waals surface area contributed by atoms with Gasteiger partial charge >= 0.3 is 0 Å². The molecular formula is C51H60O2. The lowest BCUT2D eigenvalue weighted by Gasteiger charge is -2.35. The molecule has 1 atom stereocenters. The van der Waals surface area contributed by atoms with Crippen LogP contribution in [0.1, 0.15) is 110 Å². The minimum absolute atomic E-state index is 0.171. The topological polar surface area (TPSA) is 18.5 Å². The Morgan fingerprint density at radius 1 is 0.434 bits per heavy atom. The van der Waals surface area contributed by atoms with E-state index < -0.39 is 0 Å². The van der Waals surface area contributed by atoms with E-state index in [1.807, 2.05) is 26.0 Å². The molecule has 0 saturated carbocycles. The van der Waals surface area contributed by atoms with E-state index in [9.17, 15) is 0 Å². The summed E-state index contributed by atoms with van der Waals surface area (Å²) in [5.41, 5.74) is 12.7. The van der Waals surface area contributed by atoms with Gasteiger partial charge in [-0.25, -0.2) is 0 Å². The van der Waals surface area contributed by atoms with E-state index in [0.717, 1.165) is 17.9 Å². The number of methoxy groups -OCH3 is 2. The number of hydrogen-bond donors (Lipinski definition) is 0. The van der Waals surface area contributed by atoms with Crippen LogP contribution in [0.3, 0.4) is 0 Å². The number of ether oxygens (including phenoxy) is 2. The molecule has 0 aliphatic heterocycles. The Bertz CT molecular complexity index is 1910. The summed E-state index contributed by atoms with van der Waals surface area (Å²) in [6.07, 6.45) is 0.989. The predicted octanol–water partition coefficient (Wildman–Crippen LogP) is 13.6. The van der Waals surface area contributed by atoms with Gasteiger partial charge in [0.05, 0.1) is 14.2 Å². The average Bonchev–Trinajstić information content (AvgIpc) is 3.20. The molecule has 6 aromatic carbocycles. The molecule has 0 aliphatic carbocycles. The molecule has 276 valence electrons. The van der Waals surface area contributed by atoms with Crippen LogP contribution < -0.4 is 9.47 Å². The summed E-state index contributed by atoms with van der Waals surface area (Å²) in [5.74, 6) is 2.31. The zero-order chi connectivity index (χ0) is 38.6. The molecular weight excluding hydrogens is 645 g/mol. The number of rotatable bonds is 10. The molecule has 2 nitrogen and oxygen atoms in total. The van der Waals surface area contributed by atoms with Gasteiger partial charge in [-0.1, -0.05) is 173 Å². The van der Waals surface area contributed by atoms with Crippen LogP contribution in [0.15, 0.2) is 146 Å². The molecule has 2 heteroatoms. The van der Waals surface area contributed by atoms with E-state index in [1.165, 1.54) is 55.6 Å². The van der Waals surface area contributed by atoms with Gasteiger partial charge in [-0.15, -0.1) is 0 Å². The molecule has 0 fully saturated rings. The monoisotopic (exact) mass is 704 g/mol. The highest BCUT2D eigenvalue weighted by molar-refractivity contribution is 5.53. The lowest BCUT2D eigenvalue weighted by molar-refractivity contribution is 0.414. The maximum Gasteiger partial charge on any atom is 0.118 e. The molecule has 6 rings (SSSR count). The summed E-state index contributed by atoms with van der Waals surface area (Å²) in [4.78, 5) is 0. The quantitative estimate of drug-likeness (QED) is 0.132. The van der Waals surface area contributed by atoms with Crippen molar-refractivity contribution in [1.82, 2.24) is 0 Å². The van der Waals surface area contributed by atoms with Gasteiger partial charge in [-0.3, -0.25) is 0 Å². The van der Waals surface area contributed by atoms with E-state index in [-0.39, 0.29) is 10.8 Å². The van der Waals surface area contributed by atoms with Gasteiger partial charge in [-0.2, -0.15) is 0 Å². The number of aryl methyl sites for hydroxylation is 3. The molecule has 0 heterocycles. The zero-order valence-corrected chi connectivity index (χ0v) is 34.0. The van der Waals surface area contributed by atoms with Crippen LogP contribution in [-0.4, -0.2) is 14.2 Å². The van der Waals surface area contributed by atoms with E-state index in [4.69, 9.17) is 9.47 Å². The van der Waals surface area contributed by atoms with Gasteiger partial charge in [-0.05, 0) is 103 Å². The smallest absolute Gasteiger partial charge is 0.118 e. The van der Waals surface area contributed by atoms with Crippen molar-refractivity contribution in [3.63, 3.8) is 0 Å². The maximum absolute atomic E-state index is 5.38. The minimum Gasteiger partial charge on any atom is -0.497 e. The lowest BCUT2D eigenvalue weighted by Crippen LogP contribution is -2.28. The van der Waals surface area contributed by atoms with Gasteiger partial charge in [0.2, 0.25) is 0 Å². The van der Waals surface area contributed by atoms with Crippen molar-refractivity contribution in [3.8, 4) is 11.5 Å². The lowest BCUT2D eigenvalue weighted by atomic mass is 9.67. The molecule has 0 aliphatic rings. The van der Waals surface area contributed by atoms with Crippen molar-refractivity contribution in [1.29, 1.82) is 0 Å². The summed E-state index contributed by atoms with van der Waals surface area (Å²) in [7, 11) is 3.42. The van der Waals surface area contributed by atoms with Crippen LogP contribution in [-0.2, 0) is 10.8 Å². The summed E-state index contributed by atoms with van der Waals surface area (Å²) in [6.45, 7) is 19.4. The van der Waals surface area contributed by atoms with E-state index in [2.05, 4.69) is 182 Å². The predicted molar refractivity (Wildman–Crippen MR) is 227 cm³/mol. The Morgan fingerprint density at radius 2 is 0.698 bits per heavy atom. The van der Waals surface area contributed by atoms with Crippen molar-refractivity contribution in [2.75, 3.05) is 14.2 Å². The molecule has 0 bridgehead atoms. The molecule has 6 aromatic rings. The Balaban J connectivity index is 0.000000228. The Hall–Kier alpha value is -5.08. The second-order valence-electron chi connectivity index (χ2n) is 14.2. The third-order valence-electron chi connectivity index (χ3n) is 10.7. The molecule has 0 aromatic heterocycles. The van der Waals surface area contributed by atoms with E-state index in [0.29, 0.717) is 5.92 Å². The molecule has 53 heavy (non-hydrogen) atoms. The van der Waals surface area contributed by atoms with Crippen LogP contribution in [0.25, 0.3) is 0 Å². The van der Waals surface area contributed by atoms with E-state index in [1.54, 1.807) is 14.2 Å². The van der Waals surface area contributed by atoms with Crippen molar-refractivity contribution < 1.29 is 9.47 Å². The van der Waals surface area contributed by atoms with Crippen molar-refractivity contribution >= 4 is 0 Å². The van der Waals surface area contributed by atoms with Crippen LogP contribution >= 0.6 is 0 Å². The summed E-state index contributed by atoms with van der Waals surface area (Å²) < 4.78 is 10.7. The van der Waals surface area contributed by atoms with Crippen LogP contribution in [0, 0.1) is 20.8 Å². The van der Waals surface area contributed by atoms with Crippen LogP contribution in [0.5, 0.6) is 11.5 Å². The highest BCUT2D eigenvalue weighted by Crippen LogP contribution is 2.43. The standard InChI is InChI=1S/C26H30O.C23H24O.C2H6/c1-6-26(22-11-7-20(4)8-12-22,24-15-17-25(27-5)18-16-24)23-13-9-21(10-14-23)19(2)3;1-17-5-9-19(10-6-17)23(3,20-11-7-18(2)8-12-20)21-13-15-22(24-4)16-14-21;1-2/h7-19H,6H2,1-5H3;5-16H,1-4H3;1-2H3. The molecule has 1 unspecified atom stereocenters. The largest absolute Gasteiger partial charge is 0.497 e. The normalized spacial score (nSPS) is 12.1. The third-order valence-corrected chi connectivity index (χ3v) is 10.7. The summed E-state index contributed by atoms with van der Waals surface area (Å²) in [6, 6.07) is 52.8. The fourth-order valence-electron chi connectivity index (χ4n) is 7.18. The molecule has 0 spiro atoms. The average molecular weight is 705 g/mol. The first-order chi connectivity index (χ1) is 25.5. The fourth-order valence-corrected chi connectivity index (χ4v) is 7.18. The first kappa shape index (κ1) is 40.7. The Kier molecular flexibility index (Phi) is 14.3. The van der Waals surface area contributed by atoms with Gasteiger partial charge in [0.25, 0.3) is 0 Å². The molecule has 0 radical (unpaired) electrons. The second-order valence-corrected chi connectivity index (χ2v) is 14.2. The minimum atomic E-state index is -0.201. The zero-order valence-electron chi connectivity index (χ0n) is 34.0. The Morgan fingerprint density at radius 3 is 0.981 bits per heavy atom. The second kappa shape index (κ2) is 18.6. The van der Waals surface area contributed by atoms with Gasteiger partial charge in [0.15, 0.2) is 0 Å². The maximum atomic E-state index is 5.38.